The average molecular weight is 294 g/mol. The maximum Gasteiger partial charge on any atom is 0.244 e. The second-order valence-electron chi connectivity index (χ2n) is 4.44. The minimum Gasteiger partial charge on any atom is -0.207 e. The molecule has 1 heterocycles. The van der Waals surface area contributed by atoms with Crippen LogP contribution in [0.5, 0.6) is 0 Å². The molecule has 0 fully saturated rings. The smallest absolute Gasteiger partial charge is 0.207 e. The van der Waals surface area contributed by atoms with Gasteiger partial charge in [0.25, 0.3) is 0 Å². The van der Waals surface area contributed by atoms with E-state index in [-0.39, 0.29) is 12.4 Å². The Morgan fingerprint density at radius 3 is 2.53 bits per heavy atom. The predicted molar refractivity (Wildman–Crippen MR) is 69.1 cm³/mol. The number of rotatable bonds is 2. The van der Waals surface area contributed by atoms with E-state index in [1.54, 1.807) is 18.2 Å². The Morgan fingerprint density at radius 2 is 2.00 bits per heavy atom. The van der Waals surface area contributed by atoms with Crippen LogP contribution in [0.2, 0.25) is 5.02 Å². The maximum atomic E-state index is 12.4. The van der Waals surface area contributed by atoms with Crippen LogP contribution in [0.15, 0.2) is 23.1 Å². The van der Waals surface area contributed by atoms with E-state index < -0.39 is 15.6 Å². The van der Waals surface area contributed by atoms with Crippen LogP contribution in [0, 0.1) is 0 Å². The Hall–Kier alpha value is -0.290. The van der Waals surface area contributed by atoms with Gasteiger partial charge in [0.2, 0.25) is 10.0 Å². The summed E-state index contributed by atoms with van der Waals surface area (Å²) in [6.45, 7) is 3.96. The summed E-state index contributed by atoms with van der Waals surface area (Å²) in [4.78, 5) is 0.292. The first-order chi connectivity index (χ1) is 7.83. The van der Waals surface area contributed by atoms with Crippen molar-refractivity contribution in [3.8, 4) is 0 Å². The van der Waals surface area contributed by atoms with Gasteiger partial charge in [0, 0.05) is 23.0 Å². The molecule has 0 unspecified atom stereocenters. The molecular formula is C11H13Cl2NO2S. The summed E-state index contributed by atoms with van der Waals surface area (Å²) in [5, 5.41) is 0.480. The highest BCUT2D eigenvalue weighted by atomic mass is 35.5. The Morgan fingerprint density at radius 1 is 1.35 bits per heavy atom. The summed E-state index contributed by atoms with van der Waals surface area (Å²) in [6, 6.07) is 4.95. The van der Waals surface area contributed by atoms with Crippen molar-refractivity contribution >= 4 is 33.2 Å². The monoisotopic (exact) mass is 293 g/mol. The first kappa shape index (κ1) is 13.1. The third kappa shape index (κ3) is 1.78. The lowest BCUT2D eigenvalue weighted by Gasteiger charge is -2.30. The molecule has 2 rings (SSSR count). The molecule has 1 aliphatic heterocycles. The van der Waals surface area contributed by atoms with E-state index in [1.807, 2.05) is 13.8 Å². The van der Waals surface area contributed by atoms with E-state index in [0.29, 0.717) is 15.5 Å². The number of benzene rings is 1. The van der Waals surface area contributed by atoms with Crippen molar-refractivity contribution in [2.45, 2.75) is 24.3 Å². The molecule has 17 heavy (non-hydrogen) atoms. The summed E-state index contributed by atoms with van der Waals surface area (Å²) in [6.07, 6.45) is 0. The Kier molecular flexibility index (Phi) is 3.19. The van der Waals surface area contributed by atoms with Gasteiger partial charge >= 0.3 is 0 Å². The SMILES string of the molecule is CC1(C)c2c(Cl)cccc2S(=O)(=O)N1CCCl. The molecule has 0 saturated carbocycles. The fourth-order valence-electron chi connectivity index (χ4n) is 2.33. The van der Waals surface area contributed by atoms with Crippen LogP contribution in [-0.2, 0) is 15.6 Å². The highest BCUT2D eigenvalue weighted by Crippen LogP contribution is 2.46. The number of hydrogen-bond acceptors (Lipinski definition) is 2. The van der Waals surface area contributed by atoms with Crippen molar-refractivity contribution in [2.75, 3.05) is 12.4 Å². The highest BCUT2D eigenvalue weighted by Gasteiger charge is 2.48. The van der Waals surface area contributed by atoms with Gasteiger partial charge in [0.15, 0.2) is 0 Å². The van der Waals surface area contributed by atoms with Crippen molar-refractivity contribution in [1.82, 2.24) is 4.31 Å². The lowest BCUT2D eigenvalue weighted by atomic mass is 9.94. The quantitative estimate of drug-likeness (QED) is 0.787. The van der Waals surface area contributed by atoms with Crippen molar-refractivity contribution in [2.24, 2.45) is 0 Å². The van der Waals surface area contributed by atoms with E-state index >= 15 is 0 Å². The van der Waals surface area contributed by atoms with Gasteiger partial charge in [-0.05, 0) is 26.0 Å². The van der Waals surface area contributed by atoms with E-state index in [4.69, 9.17) is 23.2 Å². The topological polar surface area (TPSA) is 37.4 Å². The molecule has 1 aromatic rings. The lowest BCUT2D eigenvalue weighted by Crippen LogP contribution is -2.40. The molecule has 1 aromatic carbocycles. The molecule has 6 heteroatoms. The van der Waals surface area contributed by atoms with Gasteiger partial charge in [-0.25, -0.2) is 8.42 Å². The van der Waals surface area contributed by atoms with Crippen molar-refractivity contribution in [3.63, 3.8) is 0 Å². The summed E-state index contributed by atoms with van der Waals surface area (Å²) < 4.78 is 26.1. The molecule has 3 nitrogen and oxygen atoms in total. The zero-order valence-electron chi connectivity index (χ0n) is 9.57. The number of sulfonamides is 1. The Balaban J connectivity index is 2.73. The van der Waals surface area contributed by atoms with E-state index in [2.05, 4.69) is 0 Å². The number of hydrogen-bond donors (Lipinski definition) is 0. The normalized spacial score (nSPS) is 21.4. The van der Waals surface area contributed by atoms with Crippen LogP contribution in [0.4, 0.5) is 0 Å². The summed E-state index contributed by atoms with van der Waals surface area (Å²) in [5.74, 6) is 0.258. The van der Waals surface area contributed by atoms with E-state index in [1.165, 1.54) is 4.31 Å². The van der Waals surface area contributed by atoms with Gasteiger partial charge in [-0.2, -0.15) is 4.31 Å². The molecular weight excluding hydrogens is 281 g/mol. The molecule has 0 bridgehead atoms. The molecule has 0 radical (unpaired) electrons. The van der Waals surface area contributed by atoms with E-state index in [0.717, 1.165) is 0 Å². The van der Waals surface area contributed by atoms with Crippen LogP contribution >= 0.6 is 23.2 Å². The molecule has 0 spiro atoms. The van der Waals surface area contributed by atoms with Gasteiger partial charge in [-0.15, -0.1) is 11.6 Å². The van der Waals surface area contributed by atoms with Crippen molar-refractivity contribution < 1.29 is 8.42 Å². The van der Waals surface area contributed by atoms with Crippen molar-refractivity contribution in [3.05, 3.63) is 28.8 Å². The second kappa shape index (κ2) is 4.12. The standard InChI is InChI=1S/C11H13Cl2NO2S/c1-11(2)10-8(13)4-3-5-9(10)17(15,16)14(11)7-6-12/h3-5H,6-7H2,1-2H3. The fourth-order valence-corrected chi connectivity index (χ4v) is 5.19. The van der Waals surface area contributed by atoms with Crippen LogP contribution in [0.25, 0.3) is 0 Å². The highest BCUT2D eigenvalue weighted by molar-refractivity contribution is 7.89. The maximum absolute atomic E-state index is 12.4. The van der Waals surface area contributed by atoms with Gasteiger partial charge < -0.3 is 0 Å². The Bertz CT molecular complexity index is 555. The fraction of sp³-hybridized carbons (Fsp3) is 0.455. The first-order valence-electron chi connectivity index (χ1n) is 5.21. The van der Waals surface area contributed by atoms with Crippen molar-refractivity contribution in [1.29, 1.82) is 0 Å². The van der Waals surface area contributed by atoms with Crippen LogP contribution in [0.3, 0.4) is 0 Å². The van der Waals surface area contributed by atoms with Gasteiger partial charge in [0.1, 0.15) is 0 Å². The molecule has 0 atom stereocenters. The predicted octanol–water partition coefficient (Wildman–Crippen LogP) is 2.82. The lowest BCUT2D eigenvalue weighted by molar-refractivity contribution is 0.256. The molecule has 0 saturated heterocycles. The third-order valence-corrected chi connectivity index (χ3v) is 5.67. The number of fused-ring (bicyclic) bond motifs is 1. The molecule has 0 aliphatic carbocycles. The largest absolute Gasteiger partial charge is 0.244 e. The molecule has 0 amide bonds. The second-order valence-corrected chi connectivity index (χ2v) is 7.05. The van der Waals surface area contributed by atoms with Crippen LogP contribution in [-0.4, -0.2) is 25.1 Å². The van der Waals surface area contributed by atoms with Crippen LogP contribution in [0.1, 0.15) is 19.4 Å². The average Bonchev–Trinajstić information content (AvgIpc) is 2.38. The number of halogens is 2. The molecule has 1 aliphatic rings. The molecule has 0 aromatic heterocycles. The minimum atomic E-state index is -3.47. The zero-order valence-corrected chi connectivity index (χ0v) is 11.9. The summed E-state index contributed by atoms with van der Waals surface area (Å²) in [7, 11) is -3.47. The number of nitrogens with zero attached hydrogens (tertiary/aromatic N) is 1. The number of alkyl halides is 1. The zero-order chi connectivity index (χ0) is 12.8. The van der Waals surface area contributed by atoms with Gasteiger partial charge in [-0.3, -0.25) is 0 Å². The van der Waals surface area contributed by atoms with Gasteiger partial charge in [0.05, 0.1) is 10.4 Å². The molecule has 0 N–H and O–H groups in total. The summed E-state index contributed by atoms with van der Waals surface area (Å²) >= 11 is 11.8. The van der Waals surface area contributed by atoms with E-state index in [9.17, 15) is 8.42 Å². The first-order valence-corrected chi connectivity index (χ1v) is 7.56. The van der Waals surface area contributed by atoms with Crippen LogP contribution < -0.4 is 0 Å². The summed E-state index contributed by atoms with van der Waals surface area (Å²) in [5.41, 5.74) is 0.00767. The Labute approximate surface area is 111 Å². The molecule has 94 valence electrons. The van der Waals surface area contributed by atoms with Gasteiger partial charge in [-0.1, -0.05) is 17.7 Å². The minimum absolute atomic E-state index is 0.258. The third-order valence-electron chi connectivity index (χ3n) is 3.07.